The van der Waals surface area contributed by atoms with Gasteiger partial charge < -0.3 is 20.9 Å². The molecular formula is C10H22N2O2. The number of nitrogens with two attached hydrogens (primary N) is 2. The summed E-state index contributed by atoms with van der Waals surface area (Å²) < 4.78 is 10.1. The molecule has 2 fully saturated rings. The Balaban J connectivity index is 0.000000140. The summed E-state index contributed by atoms with van der Waals surface area (Å²) in [5.74, 6) is 0. The molecule has 0 aromatic heterocycles. The van der Waals surface area contributed by atoms with E-state index in [0.29, 0.717) is 12.1 Å². The lowest BCUT2D eigenvalue weighted by Gasteiger charge is -2.16. The van der Waals surface area contributed by atoms with Crippen LogP contribution >= 0.6 is 0 Å². The highest BCUT2D eigenvalue weighted by Crippen LogP contribution is 2.02. The van der Waals surface area contributed by atoms with E-state index in [4.69, 9.17) is 20.9 Å². The zero-order chi connectivity index (χ0) is 10.2. The Morgan fingerprint density at radius 1 is 0.643 bits per heavy atom. The van der Waals surface area contributed by atoms with E-state index in [1.54, 1.807) is 0 Å². The zero-order valence-corrected chi connectivity index (χ0v) is 8.78. The molecule has 14 heavy (non-hydrogen) atoms. The molecule has 0 atom stereocenters. The number of hydrogen-bond donors (Lipinski definition) is 2. The second kappa shape index (κ2) is 7.17. The van der Waals surface area contributed by atoms with Crippen LogP contribution in [0.1, 0.15) is 25.7 Å². The summed E-state index contributed by atoms with van der Waals surface area (Å²) in [6.07, 6.45) is 4.17. The average molecular weight is 202 g/mol. The van der Waals surface area contributed by atoms with Gasteiger partial charge in [0.1, 0.15) is 0 Å². The fraction of sp³-hybridized carbons (Fsp3) is 1.00. The van der Waals surface area contributed by atoms with Crippen molar-refractivity contribution in [3.05, 3.63) is 0 Å². The van der Waals surface area contributed by atoms with Gasteiger partial charge in [-0.25, -0.2) is 0 Å². The number of ether oxygens (including phenoxy) is 2. The SMILES string of the molecule is NC1CCOCC1.NC1CCOCC1. The van der Waals surface area contributed by atoms with Crippen molar-refractivity contribution in [2.75, 3.05) is 26.4 Å². The van der Waals surface area contributed by atoms with Crippen molar-refractivity contribution in [2.24, 2.45) is 11.5 Å². The first-order valence-electron chi connectivity index (χ1n) is 5.45. The van der Waals surface area contributed by atoms with Gasteiger partial charge in [-0.3, -0.25) is 0 Å². The zero-order valence-electron chi connectivity index (χ0n) is 8.78. The molecule has 4 nitrogen and oxygen atoms in total. The highest BCUT2D eigenvalue weighted by atomic mass is 16.5. The van der Waals surface area contributed by atoms with Crippen molar-refractivity contribution >= 4 is 0 Å². The third kappa shape index (κ3) is 5.54. The molecule has 0 saturated carbocycles. The Labute approximate surface area is 85.9 Å². The molecule has 0 aliphatic carbocycles. The van der Waals surface area contributed by atoms with Crippen molar-refractivity contribution in [1.29, 1.82) is 0 Å². The van der Waals surface area contributed by atoms with E-state index in [1.165, 1.54) is 0 Å². The van der Waals surface area contributed by atoms with Gasteiger partial charge in [-0.15, -0.1) is 0 Å². The first-order valence-corrected chi connectivity index (χ1v) is 5.45. The van der Waals surface area contributed by atoms with E-state index in [2.05, 4.69) is 0 Å². The van der Waals surface area contributed by atoms with Crippen LogP contribution in [0.3, 0.4) is 0 Å². The third-order valence-corrected chi connectivity index (χ3v) is 2.53. The van der Waals surface area contributed by atoms with Crippen LogP contribution in [0.5, 0.6) is 0 Å². The summed E-state index contributed by atoms with van der Waals surface area (Å²) in [5, 5.41) is 0. The molecule has 0 aromatic rings. The maximum absolute atomic E-state index is 5.55. The highest BCUT2D eigenvalue weighted by Gasteiger charge is 2.07. The summed E-state index contributed by atoms with van der Waals surface area (Å²) in [6, 6.07) is 0.822. The fourth-order valence-electron chi connectivity index (χ4n) is 1.43. The Bertz CT molecular complexity index is 116. The molecule has 2 heterocycles. The minimum atomic E-state index is 0.411. The molecule has 2 rings (SSSR count). The molecule has 2 aliphatic rings. The maximum atomic E-state index is 5.55. The van der Waals surface area contributed by atoms with E-state index >= 15 is 0 Å². The fourth-order valence-corrected chi connectivity index (χ4v) is 1.43. The van der Waals surface area contributed by atoms with E-state index in [-0.39, 0.29) is 0 Å². The van der Waals surface area contributed by atoms with Crippen molar-refractivity contribution in [1.82, 2.24) is 0 Å². The molecule has 84 valence electrons. The minimum absolute atomic E-state index is 0.411. The number of hydrogen-bond acceptors (Lipinski definition) is 4. The molecule has 0 amide bonds. The van der Waals surface area contributed by atoms with Crippen molar-refractivity contribution in [2.45, 2.75) is 37.8 Å². The molecule has 4 heteroatoms. The van der Waals surface area contributed by atoms with E-state index in [9.17, 15) is 0 Å². The van der Waals surface area contributed by atoms with Gasteiger partial charge in [0.25, 0.3) is 0 Å². The predicted octanol–water partition coefficient (Wildman–Crippen LogP) is 0.248. The van der Waals surface area contributed by atoms with Crippen LogP contribution in [-0.4, -0.2) is 38.5 Å². The molecule has 0 radical (unpaired) electrons. The van der Waals surface area contributed by atoms with Gasteiger partial charge in [-0.05, 0) is 25.7 Å². The van der Waals surface area contributed by atoms with Crippen LogP contribution < -0.4 is 11.5 Å². The smallest absolute Gasteiger partial charge is 0.0480 e. The summed E-state index contributed by atoms with van der Waals surface area (Å²) in [4.78, 5) is 0. The Morgan fingerprint density at radius 2 is 0.929 bits per heavy atom. The topological polar surface area (TPSA) is 70.5 Å². The Morgan fingerprint density at radius 3 is 1.07 bits per heavy atom. The summed E-state index contributed by atoms with van der Waals surface area (Å²) >= 11 is 0. The van der Waals surface area contributed by atoms with E-state index in [1.807, 2.05) is 0 Å². The molecule has 0 unspecified atom stereocenters. The number of rotatable bonds is 0. The van der Waals surface area contributed by atoms with Crippen LogP contribution in [0.15, 0.2) is 0 Å². The van der Waals surface area contributed by atoms with Gasteiger partial charge in [-0.2, -0.15) is 0 Å². The van der Waals surface area contributed by atoms with Crippen molar-refractivity contribution in [3.63, 3.8) is 0 Å². The second-order valence-electron chi connectivity index (χ2n) is 3.90. The average Bonchev–Trinajstić information content (AvgIpc) is 2.21. The van der Waals surface area contributed by atoms with Crippen LogP contribution in [0.25, 0.3) is 0 Å². The lowest BCUT2D eigenvalue weighted by atomic mass is 10.1. The molecule has 2 saturated heterocycles. The molecule has 4 N–H and O–H groups in total. The first kappa shape index (κ1) is 11.9. The quantitative estimate of drug-likeness (QED) is 0.590. The van der Waals surface area contributed by atoms with Gasteiger partial charge >= 0.3 is 0 Å². The Hall–Kier alpha value is -0.160. The molecule has 0 bridgehead atoms. The normalized spacial score (nSPS) is 25.3. The third-order valence-electron chi connectivity index (χ3n) is 2.53. The summed E-state index contributed by atoms with van der Waals surface area (Å²) in [7, 11) is 0. The van der Waals surface area contributed by atoms with Gasteiger partial charge in [-0.1, -0.05) is 0 Å². The van der Waals surface area contributed by atoms with Crippen molar-refractivity contribution in [3.8, 4) is 0 Å². The lowest BCUT2D eigenvalue weighted by molar-refractivity contribution is 0.0865. The summed E-state index contributed by atoms with van der Waals surface area (Å²) in [5.41, 5.74) is 11.1. The standard InChI is InChI=1S/2C5H11NO/c2*6-5-1-3-7-4-2-5/h2*5H,1-4,6H2. The Kier molecular flexibility index (Phi) is 6.10. The molecule has 2 aliphatic heterocycles. The highest BCUT2D eigenvalue weighted by molar-refractivity contribution is 4.64. The lowest BCUT2D eigenvalue weighted by Crippen LogP contribution is -2.28. The molecular weight excluding hydrogens is 180 g/mol. The van der Waals surface area contributed by atoms with E-state index < -0.39 is 0 Å². The molecule has 0 aromatic carbocycles. The largest absolute Gasteiger partial charge is 0.381 e. The summed E-state index contributed by atoms with van der Waals surface area (Å²) in [6.45, 7) is 3.45. The first-order chi connectivity index (χ1) is 6.79. The predicted molar refractivity (Wildman–Crippen MR) is 56.1 cm³/mol. The van der Waals surface area contributed by atoms with E-state index in [0.717, 1.165) is 52.1 Å². The maximum Gasteiger partial charge on any atom is 0.0480 e. The van der Waals surface area contributed by atoms with Gasteiger partial charge in [0.2, 0.25) is 0 Å². The molecule has 0 spiro atoms. The van der Waals surface area contributed by atoms with Gasteiger partial charge in [0, 0.05) is 38.5 Å². The van der Waals surface area contributed by atoms with Crippen molar-refractivity contribution < 1.29 is 9.47 Å². The van der Waals surface area contributed by atoms with Gasteiger partial charge in [0.15, 0.2) is 0 Å². The monoisotopic (exact) mass is 202 g/mol. The second-order valence-corrected chi connectivity index (χ2v) is 3.90. The van der Waals surface area contributed by atoms with Crippen LogP contribution in [-0.2, 0) is 9.47 Å². The van der Waals surface area contributed by atoms with Gasteiger partial charge in [0.05, 0.1) is 0 Å². The van der Waals surface area contributed by atoms with Crippen LogP contribution in [0.2, 0.25) is 0 Å². The van der Waals surface area contributed by atoms with Crippen LogP contribution in [0.4, 0.5) is 0 Å². The minimum Gasteiger partial charge on any atom is -0.381 e. The van der Waals surface area contributed by atoms with Crippen LogP contribution in [0, 0.1) is 0 Å².